The van der Waals surface area contributed by atoms with Crippen molar-refractivity contribution in [2.24, 2.45) is 0 Å². The van der Waals surface area contributed by atoms with E-state index in [1.165, 1.54) is 0 Å². The molecule has 3 rings (SSSR count). The molecule has 2 heterocycles. The smallest absolute Gasteiger partial charge is 0.253 e. The fraction of sp³-hybridized carbons (Fsp3) is 0.611. The summed E-state index contributed by atoms with van der Waals surface area (Å²) in [6, 6.07) is 7.80. The van der Waals surface area contributed by atoms with Crippen LogP contribution in [0.2, 0.25) is 0 Å². The van der Waals surface area contributed by atoms with Crippen LogP contribution in [0.3, 0.4) is 0 Å². The predicted molar refractivity (Wildman–Crippen MR) is 88.9 cm³/mol. The minimum Gasteiger partial charge on any atom is -0.491 e. The average molecular weight is 318 g/mol. The molecule has 0 saturated carbocycles. The zero-order chi connectivity index (χ0) is 16.1. The summed E-state index contributed by atoms with van der Waals surface area (Å²) in [5, 5.41) is 3.33. The van der Waals surface area contributed by atoms with Crippen molar-refractivity contribution < 1.29 is 14.3 Å². The van der Waals surface area contributed by atoms with Crippen LogP contribution in [0.4, 0.5) is 0 Å². The molecule has 2 fully saturated rings. The highest BCUT2D eigenvalue weighted by Gasteiger charge is 2.23. The van der Waals surface area contributed by atoms with Crippen molar-refractivity contribution in [3.8, 4) is 5.75 Å². The van der Waals surface area contributed by atoms with Gasteiger partial charge in [-0.1, -0.05) is 6.07 Å². The number of rotatable bonds is 5. The van der Waals surface area contributed by atoms with Gasteiger partial charge in [-0.3, -0.25) is 4.79 Å². The molecule has 1 aromatic carbocycles. The van der Waals surface area contributed by atoms with Crippen LogP contribution in [0.1, 0.15) is 36.0 Å². The summed E-state index contributed by atoms with van der Waals surface area (Å²) in [7, 11) is 1.90. The Balaban J connectivity index is 1.59. The van der Waals surface area contributed by atoms with Gasteiger partial charge < -0.3 is 19.7 Å². The van der Waals surface area contributed by atoms with E-state index in [0.717, 1.165) is 51.1 Å². The lowest BCUT2D eigenvalue weighted by Gasteiger charge is -2.31. The third-order valence-corrected chi connectivity index (χ3v) is 4.72. The Kier molecular flexibility index (Phi) is 5.51. The van der Waals surface area contributed by atoms with Crippen LogP contribution >= 0.6 is 0 Å². The van der Waals surface area contributed by atoms with Gasteiger partial charge in [0.15, 0.2) is 0 Å². The van der Waals surface area contributed by atoms with E-state index in [1.54, 1.807) is 0 Å². The maximum atomic E-state index is 12.7. The van der Waals surface area contributed by atoms with Crippen molar-refractivity contribution >= 4 is 5.91 Å². The zero-order valence-corrected chi connectivity index (χ0v) is 13.8. The minimum atomic E-state index is 0.0690. The van der Waals surface area contributed by atoms with Crippen molar-refractivity contribution in [1.82, 2.24) is 10.2 Å². The first kappa shape index (κ1) is 16.3. The molecule has 2 aliphatic rings. The molecule has 2 saturated heterocycles. The predicted octanol–water partition coefficient (Wildman–Crippen LogP) is 2.07. The van der Waals surface area contributed by atoms with Crippen LogP contribution in [-0.4, -0.2) is 56.3 Å². The van der Waals surface area contributed by atoms with E-state index in [2.05, 4.69) is 5.32 Å². The molecule has 5 nitrogen and oxygen atoms in total. The molecular formula is C18H26N2O3. The first-order valence-electron chi connectivity index (χ1n) is 8.56. The second kappa shape index (κ2) is 7.79. The Morgan fingerprint density at radius 2 is 2.17 bits per heavy atom. The lowest BCUT2D eigenvalue weighted by atomic mass is 10.0. The fourth-order valence-electron chi connectivity index (χ4n) is 3.25. The van der Waals surface area contributed by atoms with Crippen LogP contribution in [0.25, 0.3) is 0 Å². The number of amides is 1. The van der Waals surface area contributed by atoms with E-state index in [-0.39, 0.29) is 12.0 Å². The molecule has 2 aliphatic heterocycles. The number of piperidine rings is 1. The van der Waals surface area contributed by atoms with Gasteiger partial charge in [0.05, 0.1) is 6.10 Å². The van der Waals surface area contributed by atoms with Crippen LogP contribution in [0.15, 0.2) is 24.3 Å². The summed E-state index contributed by atoms with van der Waals surface area (Å²) in [6.45, 7) is 3.34. The lowest BCUT2D eigenvalue weighted by Crippen LogP contribution is -2.43. The molecule has 0 aromatic heterocycles. The quantitative estimate of drug-likeness (QED) is 0.903. The van der Waals surface area contributed by atoms with E-state index < -0.39 is 0 Å². The van der Waals surface area contributed by atoms with E-state index >= 15 is 0 Å². The summed E-state index contributed by atoms with van der Waals surface area (Å²) in [6.07, 6.45) is 4.37. The highest BCUT2D eigenvalue weighted by molar-refractivity contribution is 5.94. The first-order chi connectivity index (χ1) is 11.2. The maximum absolute atomic E-state index is 12.7. The Hall–Kier alpha value is -1.59. The number of ether oxygens (including phenoxy) is 2. The third-order valence-electron chi connectivity index (χ3n) is 4.72. The fourth-order valence-corrected chi connectivity index (χ4v) is 3.25. The van der Waals surface area contributed by atoms with Gasteiger partial charge in [0.2, 0.25) is 0 Å². The topological polar surface area (TPSA) is 50.8 Å². The number of benzene rings is 1. The Morgan fingerprint density at radius 3 is 2.91 bits per heavy atom. The molecule has 1 amide bonds. The van der Waals surface area contributed by atoms with Gasteiger partial charge in [-0.05, 0) is 57.0 Å². The summed E-state index contributed by atoms with van der Waals surface area (Å²) in [4.78, 5) is 14.6. The minimum absolute atomic E-state index is 0.0690. The highest BCUT2D eigenvalue weighted by Crippen LogP contribution is 2.19. The molecule has 1 unspecified atom stereocenters. The molecule has 1 N–H and O–H groups in total. The molecule has 0 bridgehead atoms. The van der Waals surface area contributed by atoms with Crippen LogP contribution in [0.5, 0.6) is 5.75 Å². The molecule has 1 aromatic rings. The van der Waals surface area contributed by atoms with E-state index in [0.29, 0.717) is 18.2 Å². The van der Waals surface area contributed by atoms with Gasteiger partial charge in [0, 0.05) is 25.3 Å². The van der Waals surface area contributed by atoms with Crippen LogP contribution in [0, 0.1) is 0 Å². The molecule has 0 spiro atoms. The van der Waals surface area contributed by atoms with Gasteiger partial charge in [0.1, 0.15) is 12.4 Å². The Morgan fingerprint density at radius 1 is 1.35 bits per heavy atom. The molecule has 0 radical (unpaired) electrons. The normalized spacial score (nSPS) is 22.0. The van der Waals surface area contributed by atoms with Crippen molar-refractivity contribution in [1.29, 1.82) is 0 Å². The van der Waals surface area contributed by atoms with Crippen molar-refractivity contribution in [3.05, 3.63) is 29.8 Å². The number of hydrogen-bond acceptors (Lipinski definition) is 4. The molecule has 23 heavy (non-hydrogen) atoms. The summed E-state index contributed by atoms with van der Waals surface area (Å²) in [5.74, 6) is 0.810. The third kappa shape index (κ3) is 4.24. The van der Waals surface area contributed by atoms with E-state index in [4.69, 9.17) is 9.47 Å². The monoisotopic (exact) mass is 318 g/mol. The number of nitrogens with zero attached hydrogens (tertiary/aromatic N) is 1. The highest BCUT2D eigenvalue weighted by atomic mass is 16.5. The molecular weight excluding hydrogens is 292 g/mol. The number of carbonyl (C=O) groups is 1. The standard InChI is InChI=1S/C18H26N2O3/c1-20(15-7-9-19-10-8-15)18(21)14-4-2-5-16(12-14)23-13-17-6-3-11-22-17/h2,4-5,12,15,17,19H,3,6-11,13H2,1H3. The Bertz CT molecular complexity index is 523. The molecule has 0 aliphatic carbocycles. The molecule has 5 heteroatoms. The first-order valence-corrected chi connectivity index (χ1v) is 8.56. The largest absolute Gasteiger partial charge is 0.491 e. The van der Waals surface area contributed by atoms with Gasteiger partial charge in [-0.25, -0.2) is 0 Å². The molecule has 1 atom stereocenters. The van der Waals surface area contributed by atoms with Crippen LogP contribution in [-0.2, 0) is 4.74 Å². The van der Waals surface area contributed by atoms with Gasteiger partial charge in [-0.2, -0.15) is 0 Å². The lowest BCUT2D eigenvalue weighted by molar-refractivity contribution is 0.0673. The maximum Gasteiger partial charge on any atom is 0.253 e. The second-order valence-corrected chi connectivity index (χ2v) is 6.37. The summed E-state index contributed by atoms with van der Waals surface area (Å²) >= 11 is 0. The number of nitrogens with one attached hydrogen (secondary N) is 1. The second-order valence-electron chi connectivity index (χ2n) is 6.37. The van der Waals surface area contributed by atoms with Gasteiger partial charge in [0.25, 0.3) is 5.91 Å². The van der Waals surface area contributed by atoms with Crippen LogP contribution < -0.4 is 10.1 Å². The van der Waals surface area contributed by atoms with Gasteiger partial charge >= 0.3 is 0 Å². The SMILES string of the molecule is CN(C(=O)c1cccc(OCC2CCCO2)c1)C1CCNCC1. The van der Waals surface area contributed by atoms with Gasteiger partial charge in [-0.15, -0.1) is 0 Å². The Labute approximate surface area is 137 Å². The van der Waals surface area contributed by atoms with Crippen molar-refractivity contribution in [3.63, 3.8) is 0 Å². The van der Waals surface area contributed by atoms with Crippen molar-refractivity contribution in [2.75, 3.05) is 33.4 Å². The van der Waals surface area contributed by atoms with Crippen molar-refractivity contribution in [2.45, 2.75) is 37.8 Å². The number of carbonyl (C=O) groups excluding carboxylic acids is 1. The zero-order valence-electron chi connectivity index (χ0n) is 13.8. The average Bonchev–Trinajstić information content (AvgIpc) is 3.13. The summed E-state index contributed by atoms with van der Waals surface area (Å²) < 4.78 is 11.4. The summed E-state index contributed by atoms with van der Waals surface area (Å²) in [5.41, 5.74) is 0.691. The number of hydrogen-bond donors (Lipinski definition) is 1. The van der Waals surface area contributed by atoms with E-state index in [1.807, 2.05) is 36.2 Å². The molecule has 126 valence electrons. The van der Waals surface area contributed by atoms with E-state index in [9.17, 15) is 4.79 Å².